The van der Waals surface area contributed by atoms with Gasteiger partial charge in [-0.25, -0.2) is 4.98 Å². The number of aromatic nitrogens is 2. The van der Waals surface area contributed by atoms with Gasteiger partial charge in [0.1, 0.15) is 0 Å². The highest BCUT2D eigenvalue weighted by molar-refractivity contribution is 5.79. The molecule has 1 atom stereocenters. The van der Waals surface area contributed by atoms with Crippen LogP contribution in [0.25, 0.3) is 0 Å². The Hall–Kier alpha value is -1.69. The summed E-state index contributed by atoms with van der Waals surface area (Å²) in [6, 6.07) is 1.70. The molecule has 0 spiro atoms. The number of rotatable bonds is 4. The Morgan fingerprint density at radius 1 is 1.21 bits per heavy atom. The number of likely N-dealkylation sites (tertiary alicyclic amines) is 1. The summed E-state index contributed by atoms with van der Waals surface area (Å²) < 4.78 is 7.06. The first-order valence-corrected chi connectivity index (χ1v) is 9.13. The van der Waals surface area contributed by atoms with Gasteiger partial charge < -0.3 is 9.64 Å². The molecule has 1 aromatic rings. The Bertz CT molecular complexity index is 654. The van der Waals surface area contributed by atoms with Crippen LogP contribution in [-0.2, 0) is 16.1 Å². The average molecular weight is 331 g/mol. The van der Waals surface area contributed by atoms with Gasteiger partial charge in [-0.1, -0.05) is 0 Å². The lowest BCUT2D eigenvalue weighted by Crippen LogP contribution is -2.43. The molecule has 1 aromatic heterocycles. The second-order valence-electron chi connectivity index (χ2n) is 7.41. The summed E-state index contributed by atoms with van der Waals surface area (Å²) in [5.41, 5.74) is 1.02. The minimum absolute atomic E-state index is 0.0586. The molecule has 0 radical (unpaired) electrons. The van der Waals surface area contributed by atoms with E-state index >= 15 is 0 Å². The average Bonchev–Trinajstić information content (AvgIpc) is 3.31. The van der Waals surface area contributed by atoms with Crippen molar-refractivity contribution in [3.05, 3.63) is 28.4 Å². The van der Waals surface area contributed by atoms with Crippen LogP contribution in [0.4, 0.5) is 0 Å². The number of hydrogen-bond acceptors (Lipinski definition) is 4. The third-order valence-electron chi connectivity index (χ3n) is 5.56. The van der Waals surface area contributed by atoms with Gasteiger partial charge in [0.05, 0.1) is 24.5 Å². The van der Waals surface area contributed by atoms with Crippen LogP contribution in [-0.4, -0.2) is 46.7 Å². The molecule has 1 aliphatic carbocycles. The zero-order chi connectivity index (χ0) is 16.5. The summed E-state index contributed by atoms with van der Waals surface area (Å²) in [6.07, 6.45) is 6.80. The van der Waals surface area contributed by atoms with Gasteiger partial charge in [0, 0.05) is 38.2 Å². The molecule has 3 fully saturated rings. The van der Waals surface area contributed by atoms with Crippen molar-refractivity contribution < 1.29 is 9.53 Å². The molecule has 2 saturated heterocycles. The topological polar surface area (TPSA) is 64.4 Å². The van der Waals surface area contributed by atoms with Crippen molar-refractivity contribution in [3.8, 4) is 0 Å². The maximum Gasteiger partial charge on any atom is 0.253 e. The molecule has 130 valence electrons. The molecule has 2 aliphatic heterocycles. The molecular weight excluding hydrogens is 306 g/mol. The zero-order valence-electron chi connectivity index (χ0n) is 14.0. The molecule has 24 heavy (non-hydrogen) atoms. The highest BCUT2D eigenvalue weighted by Crippen LogP contribution is 2.38. The Morgan fingerprint density at radius 2 is 2.00 bits per heavy atom. The molecule has 6 heteroatoms. The molecule has 0 N–H and O–H groups in total. The summed E-state index contributed by atoms with van der Waals surface area (Å²) in [6.45, 7) is 3.59. The first-order chi connectivity index (χ1) is 11.7. The summed E-state index contributed by atoms with van der Waals surface area (Å²) >= 11 is 0. The summed E-state index contributed by atoms with van der Waals surface area (Å²) in [5, 5.41) is 0. The minimum atomic E-state index is 0.0586. The number of piperidine rings is 1. The predicted molar refractivity (Wildman–Crippen MR) is 88.7 cm³/mol. The second-order valence-corrected chi connectivity index (χ2v) is 7.41. The molecule has 1 unspecified atom stereocenters. The van der Waals surface area contributed by atoms with Crippen LogP contribution in [0, 0.1) is 11.8 Å². The van der Waals surface area contributed by atoms with Gasteiger partial charge in [0.15, 0.2) is 0 Å². The fourth-order valence-electron chi connectivity index (χ4n) is 3.78. The summed E-state index contributed by atoms with van der Waals surface area (Å²) in [4.78, 5) is 31.1. The Morgan fingerprint density at radius 3 is 2.62 bits per heavy atom. The zero-order valence-corrected chi connectivity index (χ0v) is 14.0. The molecule has 6 nitrogen and oxygen atoms in total. The van der Waals surface area contributed by atoms with Crippen LogP contribution >= 0.6 is 0 Å². The number of carbonyl (C=O) groups excluding carboxylic acids is 1. The second kappa shape index (κ2) is 6.67. The van der Waals surface area contributed by atoms with E-state index in [4.69, 9.17) is 4.74 Å². The lowest BCUT2D eigenvalue weighted by atomic mass is 9.95. The maximum atomic E-state index is 12.4. The summed E-state index contributed by atoms with van der Waals surface area (Å²) in [5.74, 6) is 1.27. The summed E-state index contributed by atoms with van der Waals surface area (Å²) in [7, 11) is 0. The first-order valence-electron chi connectivity index (χ1n) is 9.13. The molecule has 0 bridgehead atoms. The van der Waals surface area contributed by atoms with Gasteiger partial charge in [-0.15, -0.1) is 0 Å². The van der Waals surface area contributed by atoms with Crippen LogP contribution in [0.3, 0.4) is 0 Å². The monoisotopic (exact) mass is 331 g/mol. The predicted octanol–water partition coefficient (Wildman–Crippen LogP) is 1.40. The number of hydrogen-bond donors (Lipinski definition) is 0. The van der Waals surface area contributed by atoms with E-state index in [-0.39, 0.29) is 17.4 Å². The van der Waals surface area contributed by atoms with Gasteiger partial charge in [-0.3, -0.25) is 14.2 Å². The Labute approximate surface area is 141 Å². The van der Waals surface area contributed by atoms with Gasteiger partial charge >= 0.3 is 0 Å². The third kappa shape index (κ3) is 3.38. The molecule has 3 heterocycles. The molecule has 1 saturated carbocycles. The molecule has 4 rings (SSSR count). The van der Waals surface area contributed by atoms with Crippen molar-refractivity contribution in [2.75, 3.05) is 26.3 Å². The van der Waals surface area contributed by atoms with Gasteiger partial charge in [0.2, 0.25) is 5.91 Å². The molecule has 3 aliphatic rings. The number of ether oxygens (including phenoxy) is 1. The third-order valence-corrected chi connectivity index (χ3v) is 5.56. The van der Waals surface area contributed by atoms with Crippen molar-refractivity contribution >= 4 is 5.91 Å². The van der Waals surface area contributed by atoms with E-state index in [0.29, 0.717) is 31.6 Å². The lowest BCUT2D eigenvalue weighted by molar-refractivity contribution is -0.137. The van der Waals surface area contributed by atoms with Crippen LogP contribution in [0.15, 0.2) is 17.2 Å². The quantitative estimate of drug-likeness (QED) is 0.836. The fourth-order valence-corrected chi connectivity index (χ4v) is 3.78. The molecule has 0 aromatic carbocycles. The van der Waals surface area contributed by atoms with Crippen molar-refractivity contribution in [1.82, 2.24) is 14.5 Å². The van der Waals surface area contributed by atoms with Crippen molar-refractivity contribution in [2.24, 2.45) is 11.8 Å². The van der Waals surface area contributed by atoms with E-state index < -0.39 is 0 Å². The smallest absolute Gasteiger partial charge is 0.253 e. The van der Waals surface area contributed by atoms with E-state index in [0.717, 1.165) is 50.9 Å². The van der Waals surface area contributed by atoms with E-state index in [9.17, 15) is 9.59 Å². The number of amides is 1. The van der Waals surface area contributed by atoms with Crippen LogP contribution in [0.2, 0.25) is 0 Å². The van der Waals surface area contributed by atoms with Gasteiger partial charge in [-0.05, 0) is 38.0 Å². The largest absolute Gasteiger partial charge is 0.381 e. The van der Waals surface area contributed by atoms with Crippen LogP contribution in [0.1, 0.15) is 43.7 Å². The van der Waals surface area contributed by atoms with E-state index in [2.05, 4.69) is 4.98 Å². The number of carbonyl (C=O) groups is 1. The van der Waals surface area contributed by atoms with Crippen LogP contribution < -0.4 is 5.56 Å². The van der Waals surface area contributed by atoms with Crippen molar-refractivity contribution in [2.45, 2.75) is 44.6 Å². The first kappa shape index (κ1) is 15.8. The lowest BCUT2D eigenvalue weighted by Gasteiger charge is -2.33. The van der Waals surface area contributed by atoms with E-state index in [1.807, 2.05) is 4.90 Å². The fraction of sp³-hybridized carbons (Fsp3) is 0.722. The van der Waals surface area contributed by atoms with Gasteiger partial charge in [0.25, 0.3) is 5.56 Å². The van der Waals surface area contributed by atoms with Crippen LogP contribution in [0.5, 0.6) is 0 Å². The number of nitrogens with zero attached hydrogens (tertiary/aromatic N) is 3. The maximum absolute atomic E-state index is 12.4. The van der Waals surface area contributed by atoms with Gasteiger partial charge in [-0.2, -0.15) is 0 Å². The Kier molecular flexibility index (Phi) is 4.39. The van der Waals surface area contributed by atoms with E-state index in [1.165, 1.54) is 0 Å². The molecular formula is C18H25N3O3. The SMILES string of the molecule is O=C(C1CCOC1)N1CCC(Cn2cnc(C3CC3)cc2=O)CC1. The van der Waals surface area contributed by atoms with Crippen molar-refractivity contribution in [1.29, 1.82) is 0 Å². The van der Waals surface area contributed by atoms with E-state index in [1.54, 1.807) is 17.0 Å². The highest BCUT2D eigenvalue weighted by atomic mass is 16.5. The molecule has 1 amide bonds. The minimum Gasteiger partial charge on any atom is -0.381 e. The Balaban J connectivity index is 1.31. The normalized spacial score (nSPS) is 25.2. The standard InChI is InChI=1S/C18H25N3O3/c22-17-9-16(14-1-2-14)19-12-21(17)10-13-3-6-20(7-4-13)18(23)15-5-8-24-11-15/h9,12-15H,1-8,10-11H2. The van der Waals surface area contributed by atoms with Crippen molar-refractivity contribution in [3.63, 3.8) is 0 Å². The highest BCUT2D eigenvalue weighted by Gasteiger charge is 2.31.